The van der Waals surface area contributed by atoms with Gasteiger partial charge in [-0.15, -0.1) is 0 Å². The fourth-order valence-electron chi connectivity index (χ4n) is 4.16. The Labute approximate surface area is 193 Å². The third kappa shape index (κ3) is 4.01. The number of rotatable bonds is 5. The lowest BCUT2D eigenvalue weighted by atomic mass is 9.82. The van der Waals surface area contributed by atoms with E-state index in [1.807, 2.05) is 0 Å². The Morgan fingerprint density at radius 3 is 2.09 bits per heavy atom. The van der Waals surface area contributed by atoms with E-state index in [1.165, 1.54) is 25.3 Å². The molecule has 178 valence electrons. The molecule has 0 fully saturated rings. The number of ketones is 1. The van der Waals surface area contributed by atoms with Crippen LogP contribution in [0.15, 0.2) is 36.4 Å². The lowest BCUT2D eigenvalue weighted by Gasteiger charge is -2.34. The number of ether oxygens (including phenoxy) is 2. The zero-order chi connectivity index (χ0) is 24.7. The van der Waals surface area contributed by atoms with Crippen LogP contribution in [0.3, 0.4) is 0 Å². The highest BCUT2D eigenvalue weighted by atomic mass is 16.5. The van der Waals surface area contributed by atoms with E-state index < -0.39 is 46.6 Å². The molecule has 34 heavy (non-hydrogen) atoms. The van der Waals surface area contributed by atoms with Crippen molar-refractivity contribution in [2.24, 2.45) is 5.92 Å². The van der Waals surface area contributed by atoms with Gasteiger partial charge in [0, 0.05) is 41.2 Å². The van der Waals surface area contributed by atoms with E-state index in [9.17, 15) is 40.5 Å². The number of phenols is 7. The van der Waals surface area contributed by atoms with Gasteiger partial charge in [0.05, 0.1) is 7.11 Å². The minimum Gasteiger partial charge on any atom is -0.508 e. The van der Waals surface area contributed by atoms with E-state index in [-0.39, 0.29) is 47.0 Å². The number of benzene rings is 3. The molecule has 1 heterocycles. The highest BCUT2D eigenvalue weighted by Gasteiger charge is 2.36. The predicted molar refractivity (Wildman–Crippen MR) is 117 cm³/mol. The van der Waals surface area contributed by atoms with Crippen molar-refractivity contribution < 1.29 is 50.0 Å². The zero-order valence-electron chi connectivity index (χ0n) is 17.9. The number of fused-ring (bicyclic) bond motifs is 1. The van der Waals surface area contributed by atoms with Crippen LogP contribution in [-0.2, 0) is 6.42 Å². The van der Waals surface area contributed by atoms with Crippen LogP contribution in [0.2, 0.25) is 0 Å². The molecule has 0 amide bonds. The molecule has 10 nitrogen and oxygen atoms in total. The van der Waals surface area contributed by atoms with Crippen molar-refractivity contribution in [3.8, 4) is 51.7 Å². The van der Waals surface area contributed by atoms with Gasteiger partial charge in [-0.1, -0.05) is 0 Å². The molecule has 3 aromatic rings. The molecule has 0 aromatic heterocycles. The van der Waals surface area contributed by atoms with E-state index >= 15 is 0 Å². The van der Waals surface area contributed by atoms with Crippen LogP contribution in [0.25, 0.3) is 0 Å². The molecule has 0 radical (unpaired) electrons. The number of carbonyl (C=O) groups is 1. The van der Waals surface area contributed by atoms with Gasteiger partial charge in [0.25, 0.3) is 0 Å². The summed E-state index contributed by atoms with van der Waals surface area (Å²) in [4.78, 5) is 13.1. The standard InChI is InChI=1S/C24H22O10/c1-33-24-19(30)3-10(4-20(24)31)15(26)5-11-2-14-16(27)8-13(25)9-21(14)34-23(11)12-6-17(28)22(32)18(29)7-12/h3-4,6-9,11,23,25,27-32H,2,5H2,1H3/t11-,23+/m0/s1. The maximum Gasteiger partial charge on any atom is 0.202 e. The van der Waals surface area contributed by atoms with Crippen LogP contribution in [0, 0.1) is 5.92 Å². The first-order valence-corrected chi connectivity index (χ1v) is 10.2. The lowest BCUT2D eigenvalue weighted by molar-refractivity contribution is 0.0796. The molecular formula is C24H22O10. The summed E-state index contributed by atoms with van der Waals surface area (Å²) in [5, 5.41) is 69.9. The largest absolute Gasteiger partial charge is 0.508 e. The molecule has 2 atom stereocenters. The quantitative estimate of drug-likeness (QED) is 0.216. The number of Topliss-reactive ketones (excluding diaryl/α,β-unsaturated/α-hetero) is 1. The summed E-state index contributed by atoms with van der Waals surface area (Å²) in [6.45, 7) is 0. The first kappa shape index (κ1) is 22.7. The summed E-state index contributed by atoms with van der Waals surface area (Å²) < 4.78 is 10.9. The molecule has 0 unspecified atom stereocenters. The van der Waals surface area contributed by atoms with Crippen molar-refractivity contribution in [3.63, 3.8) is 0 Å². The minimum absolute atomic E-state index is 0.00618. The number of carbonyl (C=O) groups excluding carboxylic acids is 1. The van der Waals surface area contributed by atoms with Gasteiger partial charge in [0.1, 0.15) is 23.4 Å². The molecule has 0 saturated carbocycles. The second kappa shape index (κ2) is 8.47. The van der Waals surface area contributed by atoms with Gasteiger partial charge in [-0.25, -0.2) is 0 Å². The van der Waals surface area contributed by atoms with Crippen LogP contribution < -0.4 is 9.47 Å². The molecule has 0 bridgehead atoms. The Balaban J connectivity index is 1.74. The summed E-state index contributed by atoms with van der Waals surface area (Å²) >= 11 is 0. The highest BCUT2D eigenvalue weighted by molar-refractivity contribution is 5.97. The maximum absolute atomic E-state index is 13.1. The summed E-state index contributed by atoms with van der Waals surface area (Å²) in [5.74, 6) is -4.38. The number of aromatic hydroxyl groups is 7. The van der Waals surface area contributed by atoms with Crippen molar-refractivity contribution in [1.82, 2.24) is 0 Å². The molecule has 1 aliphatic heterocycles. The SMILES string of the molecule is COc1c(O)cc(C(=O)C[C@@H]2Cc3c(O)cc(O)cc3O[C@H]2c2cc(O)c(O)c(O)c2)cc1O. The molecule has 1 aliphatic rings. The van der Waals surface area contributed by atoms with E-state index in [0.717, 1.165) is 18.2 Å². The Kier molecular flexibility index (Phi) is 5.66. The average molecular weight is 470 g/mol. The molecule has 0 spiro atoms. The predicted octanol–water partition coefficient (Wildman–Crippen LogP) is 3.20. The highest BCUT2D eigenvalue weighted by Crippen LogP contribution is 2.48. The van der Waals surface area contributed by atoms with Crippen LogP contribution in [0.4, 0.5) is 0 Å². The fourth-order valence-corrected chi connectivity index (χ4v) is 4.16. The van der Waals surface area contributed by atoms with Gasteiger partial charge >= 0.3 is 0 Å². The van der Waals surface area contributed by atoms with Crippen molar-refractivity contribution in [2.75, 3.05) is 7.11 Å². The van der Waals surface area contributed by atoms with Gasteiger partial charge in [-0.05, 0) is 30.7 Å². The minimum atomic E-state index is -0.935. The van der Waals surface area contributed by atoms with Gasteiger partial charge in [0.15, 0.2) is 34.5 Å². The smallest absolute Gasteiger partial charge is 0.202 e. The first-order valence-electron chi connectivity index (χ1n) is 10.2. The molecule has 7 N–H and O–H groups in total. The summed E-state index contributed by atoms with van der Waals surface area (Å²) in [5.41, 5.74) is 0.589. The normalized spacial score (nSPS) is 17.0. The lowest BCUT2D eigenvalue weighted by Crippen LogP contribution is -2.28. The molecule has 3 aromatic carbocycles. The second-order valence-corrected chi connectivity index (χ2v) is 8.03. The third-order valence-electron chi connectivity index (χ3n) is 5.76. The van der Waals surface area contributed by atoms with Crippen molar-refractivity contribution >= 4 is 5.78 Å². The Hall–Kier alpha value is -4.47. The van der Waals surface area contributed by atoms with Crippen LogP contribution in [0.1, 0.15) is 34.0 Å². The number of hydrogen-bond acceptors (Lipinski definition) is 10. The number of methoxy groups -OCH3 is 1. The Bertz CT molecular complexity index is 1240. The summed E-state index contributed by atoms with van der Waals surface area (Å²) in [6, 6.07) is 7.09. The molecule has 0 aliphatic carbocycles. The van der Waals surface area contributed by atoms with Crippen LogP contribution >= 0.6 is 0 Å². The molecule has 0 saturated heterocycles. The Morgan fingerprint density at radius 1 is 0.882 bits per heavy atom. The number of hydrogen-bond donors (Lipinski definition) is 7. The van der Waals surface area contributed by atoms with Crippen molar-refractivity contribution in [2.45, 2.75) is 18.9 Å². The monoisotopic (exact) mass is 470 g/mol. The first-order chi connectivity index (χ1) is 16.1. The van der Waals surface area contributed by atoms with Gasteiger partial charge in [-0.3, -0.25) is 4.79 Å². The summed E-state index contributed by atoms with van der Waals surface area (Å²) in [7, 11) is 1.25. The maximum atomic E-state index is 13.1. The van der Waals surface area contributed by atoms with Gasteiger partial charge in [0.2, 0.25) is 5.75 Å². The molecule has 4 rings (SSSR count). The van der Waals surface area contributed by atoms with E-state index in [4.69, 9.17) is 9.47 Å². The van der Waals surface area contributed by atoms with E-state index in [1.54, 1.807) is 0 Å². The van der Waals surface area contributed by atoms with Gasteiger partial charge < -0.3 is 45.2 Å². The fraction of sp³-hybridized carbons (Fsp3) is 0.208. The molecular weight excluding hydrogens is 448 g/mol. The average Bonchev–Trinajstić information content (AvgIpc) is 2.76. The zero-order valence-corrected chi connectivity index (χ0v) is 17.9. The third-order valence-corrected chi connectivity index (χ3v) is 5.76. The van der Waals surface area contributed by atoms with E-state index in [2.05, 4.69) is 0 Å². The van der Waals surface area contributed by atoms with Gasteiger partial charge in [-0.2, -0.15) is 0 Å². The Morgan fingerprint density at radius 2 is 1.50 bits per heavy atom. The van der Waals surface area contributed by atoms with Crippen molar-refractivity contribution in [1.29, 1.82) is 0 Å². The second-order valence-electron chi connectivity index (χ2n) is 8.03. The summed E-state index contributed by atoms with van der Waals surface area (Å²) in [6.07, 6.45) is -0.998. The molecule has 10 heteroatoms. The van der Waals surface area contributed by atoms with Crippen molar-refractivity contribution in [3.05, 3.63) is 53.1 Å². The van der Waals surface area contributed by atoms with E-state index in [0.29, 0.717) is 5.56 Å². The number of phenolic OH excluding ortho intramolecular Hbond substituents is 7. The van der Waals surface area contributed by atoms with Crippen LogP contribution in [-0.4, -0.2) is 48.6 Å². The van der Waals surface area contributed by atoms with Crippen LogP contribution in [0.5, 0.6) is 51.7 Å². The topological polar surface area (TPSA) is 177 Å².